The Morgan fingerprint density at radius 1 is 0.944 bits per heavy atom. The summed E-state index contributed by atoms with van der Waals surface area (Å²) in [4.78, 5) is 35.5. The molecule has 0 fully saturated rings. The number of benzene rings is 1. The second-order valence-electron chi connectivity index (χ2n) is 3.52. The Labute approximate surface area is 103 Å². The molecule has 0 atom stereocenters. The minimum absolute atomic E-state index is 0.421. The summed E-state index contributed by atoms with van der Waals surface area (Å²) < 4.78 is 22.0. The molecule has 0 spiro atoms. The summed E-state index contributed by atoms with van der Waals surface area (Å²) in [6.07, 6.45) is 1.45. The molecule has 0 bridgehead atoms. The van der Waals surface area contributed by atoms with Gasteiger partial charge in [0.25, 0.3) is 5.08 Å². The van der Waals surface area contributed by atoms with Gasteiger partial charge >= 0.3 is 15.2 Å². The Morgan fingerprint density at radius 2 is 1.39 bits per heavy atom. The molecule has 9 heteroatoms. The highest BCUT2D eigenvalue weighted by Gasteiger charge is 2.57. The van der Waals surface area contributed by atoms with E-state index in [-0.39, 0.29) is 0 Å². The fraction of sp³-hybridized carbons (Fsp3) is 0.111. The average molecular weight is 294 g/mol. The van der Waals surface area contributed by atoms with Crippen LogP contribution in [0.2, 0.25) is 0 Å². The smallest absolute Gasteiger partial charge is 0.364 e. The molecule has 0 unspecified atom stereocenters. The molecule has 5 N–H and O–H groups in total. The molecule has 100 valence electrons. The maximum Gasteiger partial charge on any atom is 0.373 e. The first-order chi connectivity index (χ1) is 8.08. The number of aliphatic hydroxyl groups is 1. The van der Waals surface area contributed by atoms with Crippen LogP contribution in [-0.4, -0.2) is 29.8 Å². The van der Waals surface area contributed by atoms with E-state index in [1.807, 2.05) is 0 Å². The van der Waals surface area contributed by atoms with E-state index in [9.17, 15) is 14.2 Å². The molecule has 7 nitrogen and oxygen atoms in total. The third-order valence-corrected chi connectivity index (χ3v) is 5.73. The van der Waals surface area contributed by atoms with Crippen molar-refractivity contribution in [1.29, 1.82) is 0 Å². The van der Waals surface area contributed by atoms with Gasteiger partial charge < -0.3 is 24.7 Å². The first-order valence-corrected chi connectivity index (χ1v) is 7.88. The van der Waals surface area contributed by atoms with E-state index in [2.05, 4.69) is 0 Å². The van der Waals surface area contributed by atoms with Gasteiger partial charge in [-0.1, -0.05) is 36.4 Å². The zero-order chi connectivity index (χ0) is 14.0. The van der Waals surface area contributed by atoms with Crippen molar-refractivity contribution >= 4 is 21.3 Å². The van der Waals surface area contributed by atoms with Gasteiger partial charge in [0, 0.05) is 0 Å². The highest BCUT2D eigenvalue weighted by Crippen LogP contribution is 2.68. The third kappa shape index (κ3) is 3.16. The van der Waals surface area contributed by atoms with Gasteiger partial charge in [-0.3, -0.25) is 9.13 Å². The molecule has 1 aromatic rings. The molecule has 0 aliphatic carbocycles. The number of hydrogen-bond acceptors (Lipinski definition) is 3. The van der Waals surface area contributed by atoms with Gasteiger partial charge in [0.2, 0.25) is 0 Å². The van der Waals surface area contributed by atoms with Gasteiger partial charge in [0.05, 0.1) is 0 Å². The van der Waals surface area contributed by atoms with E-state index >= 15 is 0 Å². The monoisotopic (exact) mass is 294 g/mol. The van der Waals surface area contributed by atoms with Crippen molar-refractivity contribution in [1.82, 2.24) is 0 Å². The molecular weight excluding hydrogens is 282 g/mol. The van der Waals surface area contributed by atoms with Crippen molar-refractivity contribution in [2.75, 3.05) is 0 Å². The topological polar surface area (TPSA) is 135 Å². The fourth-order valence-electron chi connectivity index (χ4n) is 1.14. The van der Waals surface area contributed by atoms with E-state index in [0.717, 1.165) is 6.08 Å². The largest absolute Gasteiger partial charge is 0.373 e. The van der Waals surface area contributed by atoms with Crippen LogP contribution >= 0.6 is 15.2 Å². The lowest BCUT2D eigenvalue weighted by atomic mass is 10.2. The van der Waals surface area contributed by atoms with Gasteiger partial charge in [0.1, 0.15) is 0 Å². The van der Waals surface area contributed by atoms with Crippen molar-refractivity contribution in [3.8, 4) is 0 Å². The molecule has 0 aliphatic heterocycles. The third-order valence-electron chi connectivity index (χ3n) is 2.16. The Morgan fingerprint density at radius 3 is 1.78 bits per heavy atom. The van der Waals surface area contributed by atoms with Crippen LogP contribution in [0.3, 0.4) is 0 Å². The molecule has 18 heavy (non-hydrogen) atoms. The van der Waals surface area contributed by atoms with Crippen molar-refractivity contribution in [2.45, 2.75) is 5.08 Å². The van der Waals surface area contributed by atoms with Crippen LogP contribution in [0.25, 0.3) is 6.08 Å². The standard InChI is InChI=1S/C9H12O7P2/c10-9(17(11,12)13,18(14,15)16)7-6-8-4-2-1-3-5-8/h1-7,10H,(H2,11,12,13)(H2,14,15,16). The maximum atomic E-state index is 11.0. The zero-order valence-electron chi connectivity index (χ0n) is 8.99. The lowest BCUT2D eigenvalue weighted by Gasteiger charge is -2.25. The van der Waals surface area contributed by atoms with Crippen molar-refractivity contribution in [2.24, 2.45) is 0 Å². The Bertz CT molecular complexity index is 505. The van der Waals surface area contributed by atoms with Crippen LogP contribution in [0, 0.1) is 0 Å². The van der Waals surface area contributed by atoms with Crippen LogP contribution in [0.5, 0.6) is 0 Å². The summed E-state index contributed by atoms with van der Waals surface area (Å²) >= 11 is 0. The Balaban J connectivity index is 3.21. The molecule has 1 rings (SSSR count). The lowest BCUT2D eigenvalue weighted by Crippen LogP contribution is -2.25. The van der Waals surface area contributed by atoms with Gasteiger partial charge in [-0.15, -0.1) is 0 Å². The van der Waals surface area contributed by atoms with Crippen LogP contribution < -0.4 is 0 Å². The highest BCUT2D eigenvalue weighted by molar-refractivity contribution is 7.72. The molecule has 0 heterocycles. The van der Waals surface area contributed by atoms with E-state index in [0.29, 0.717) is 11.6 Å². The van der Waals surface area contributed by atoms with Crippen LogP contribution in [-0.2, 0) is 9.13 Å². The quantitative estimate of drug-likeness (QED) is 0.516. The van der Waals surface area contributed by atoms with E-state index < -0.39 is 20.3 Å². The van der Waals surface area contributed by atoms with Gasteiger partial charge in [-0.25, -0.2) is 0 Å². The van der Waals surface area contributed by atoms with Gasteiger partial charge in [-0.05, 0) is 11.6 Å². The molecule has 0 aliphatic rings. The molecule has 0 amide bonds. The van der Waals surface area contributed by atoms with Crippen LogP contribution in [0.1, 0.15) is 5.56 Å². The molecular formula is C9H12O7P2. The molecule has 0 saturated heterocycles. The van der Waals surface area contributed by atoms with Gasteiger partial charge in [0.15, 0.2) is 0 Å². The van der Waals surface area contributed by atoms with Crippen molar-refractivity contribution < 1.29 is 33.8 Å². The Kier molecular flexibility index (Phi) is 4.30. The summed E-state index contributed by atoms with van der Waals surface area (Å²) in [5, 5.41) is 6.01. The highest BCUT2D eigenvalue weighted by atomic mass is 31.2. The van der Waals surface area contributed by atoms with E-state index in [1.165, 1.54) is 12.1 Å². The number of rotatable bonds is 4. The first-order valence-electron chi connectivity index (χ1n) is 4.66. The minimum Gasteiger partial charge on any atom is -0.364 e. The van der Waals surface area contributed by atoms with E-state index in [1.54, 1.807) is 18.2 Å². The maximum absolute atomic E-state index is 11.0. The van der Waals surface area contributed by atoms with Crippen molar-refractivity contribution in [3.63, 3.8) is 0 Å². The minimum atomic E-state index is -5.44. The SMILES string of the molecule is O=P(O)(O)C(O)(C=Cc1ccccc1)P(=O)(O)O. The van der Waals surface area contributed by atoms with Crippen molar-refractivity contribution in [3.05, 3.63) is 42.0 Å². The first kappa shape index (κ1) is 15.3. The zero-order valence-corrected chi connectivity index (χ0v) is 10.8. The number of hydrogen-bond donors (Lipinski definition) is 5. The summed E-state index contributed by atoms with van der Waals surface area (Å²) in [6, 6.07) is 8.00. The normalized spacial score (nSPS) is 14.1. The molecule has 0 saturated carbocycles. The summed E-state index contributed by atoms with van der Waals surface area (Å²) in [5.74, 6) is 0. The fourth-order valence-corrected chi connectivity index (χ4v) is 3.03. The van der Waals surface area contributed by atoms with Crippen LogP contribution in [0.15, 0.2) is 36.4 Å². The summed E-state index contributed by atoms with van der Waals surface area (Å²) in [7, 11) is -10.9. The second-order valence-corrected chi connectivity index (χ2v) is 7.41. The summed E-state index contributed by atoms with van der Waals surface area (Å²) in [6.45, 7) is 0. The predicted molar refractivity (Wildman–Crippen MR) is 64.5 cm³/mol. The van der Waals surface area contributed by atoms with Gasteiger partial charge in [-0.2, -0.15) is 0 Å². The molecule has 0 aromatic heterocycles. The lowest BCUT2D eigenvalue weighted by molar-refractivity contribution is 0.168. The van der Waals surface area contributed by atoms with Crippen LogP contribution in [0.4, 0.5) is 0 Å². The average Bonchev–Trinajstić information content (AvgIpc) is 2.24. The molecule has 1 aromatic carbocycles. The second kappa shape index (κ2) is 5.07. The molecule has 0 radical (unpaired) electrons. The Hall–Kier alpha value is -0.780. The van der Waals surface area contributed by atoms with E-state index in [4.69, 9.17) is 19.6 Å². The predicted octanol–water partition coefficient (Wildman–Crippen LogP) is 0.701. The summed E-state index contributed by atoms with van der Waals surface area (Å²) in [5.41, 5.74) is 0.429.